The van der Waals surface area contributed by atoms with Crippen LogP contribution in [0, 0.1) is 0 Å². The standard InChI is InChI=1S/C17H19ClN2O2/c1-22-11-3-10-19-15-6-8-16(9-7-15)20-17(21)13-4-2-5-14(18)12-13/h2,4-9,12,19H,3,10-11H2,1H3,(H,20,21). The van der Waals surface area contributed by atoms with Gasteiger partial charge in [0.2, 0.25) is 0 Å². The summed E-state index contributed by atoms with van der Waals surface area (Å²) in [6.45, 7) is 1.59. The van der Waals surface area contributed by atoms with E-state index in [0.29, 0.717) is 10.6 Å². The van der Waals surface area contributed by atoms with Crippen LogP contribution in [0.4, 0.5) is 11.4 Å². The highest BCUT2D eigenvalue weighted by molar-refractivity contribution is 6.31. The van der Waals surface area contributed by atoms with E-state index in [1.54, 1.807) is 31.4 Å². The lowest BCUT2D eigenvalue weighted by molar-refractivity contribution is 0.102. The zero-order chi connectivity index (χ0) is 15.8. The molecule has 22 heavy (non-hydrogen) atoms. The fraction of sp³-hybridized carbons (Fsp3) is 0.235. The van der Waals surface area contributed by atoms with Gasteiger partial charge in [-0.2, -0.15) is 0 Å². The van der Waals surface area contributed by atoms with Crippen LogP contribution in [0.5, 0.6) is 0 Å². The third-order valence-electron chi connectivity index (χ3n) is 3.08. The Morgan fingerprint density at radius 1 is 1.14 bits per heavy atom. The van der Waals surface area contributed by atoms with Crippen molar-refractivity contribution in [1.82, 2.24) is 0 Å². The van der Waals surface area contributed by atoms with E-state index in [4.69, 9.17) is 16.3 Å². The monoisotopic (exact) mass is 318 g/mol. The molecule has 1 amide bonds. The van der Waals surface area contributed by atoms with Gasteiger partial charge in [0, 0.05) is 42.2 Å². The fourth-order valence-electron chi connectivity index (χ4n) is 1.95. The van der Waals surface area contributed by atoms with Crippen molar-refractivity contribution in [2.45, 2.75) is 6.42 Å². The molecule has 0 aliphatic heterocycles. The van der Waals surface area contributed by atoms with E-state index in [1.807, 2.05) is 24.3 Å². The number of benzene rings is 2. The summed E-state index contributed by atoms with van der Waals surface area (Å²) in [5.41, 5.74) is 2.29. The van der Waals surface area contributed by atoms with E-state index >= 15 is 0 Å². The molecule has 0 atom stereocenters. The number of hydrogen-bond acceptors (Lipinski definition) is 3. The summed E-state index contributed by atoms with van der Waals surface area (Å²) < 4.78 is 5.00. The van der Waals surface area contributed by atoms with E-state index in [-0.39, 0.29) is 5.91 Å². The van der Waals surface area contributed by atoms with Crippen LogP contribution in [0.25, 0.3) is 0 Å². The van der Waals surface area contributed by atoms with E-state index in [1.165, 1.54) is 0 Å². The van der Waals surface area contributed by atoms with Crippen LogP contribution in [0.2, 0.25) is 5.02 Å². The maximum absolute atomic E-state index is 12.1. The minimum absolute atomic E-state index is 0.177. The van der Waals surface area contributed by atoms with Crippen LogP contribution in [0.15, 0.2) is 48.5 Å². The average molecular weight is 319 g/mol. The number of carbonyl (C=O) groups excluding carboxylic acids is 1. The molecule has 0 bridgehead atoms. The molecule has 5 heteroatoms. The number of hydrogen-bond donors (Lipinski definition) is 2. The molecule has 2 aromatic rings. The van der Waals surface area contributed by atoms with Gasteiger partial charge in [0.15, 0.2) is 0 Å². The maximum atomic E-state index is 12.1. The molecule has 0 radical (unpaired) electrons. The van der Waals surface area contributed by atoms with E-state index in [9.17, 15) is 4.79 Å². The lowest BCUT2D eigenvalue weighted by Crippen LogP contribution is -2.11. The van der Waals surface area contributed by atoms with Gasteiger partial charge in [-0.05, 0) is 48.9 Å². The molecule has 0 saturated carbocycles. The highest BCUT2D eigenvalue weighted by Crippen LogP contribution is 2.16. The number of carbonyl (C=O) groups is 1. The van der Waals surface area contributed by atoms with E-state index in [0.717, 1.165) is 30.9 Å². The van der Waals surface area contributed by atoms with Crippen LogP contribution >= 0.6 is 11.6 Å². The summed E-state index contributed by atoms with van der Waals surface area (Å²) in [6.07, 6.45) is 0.948. The summed E-state index contributed by atoms with van der Waals surface area (Å²) in [7, 11) is 1.69. The van der Waals surface area contributed by atoms with Crippen LogP contribution in [0.1, 0.15) is 16.8 Å². The van der Waals surface area contributed by atoms with Gasteiger partial charge in [0.05, 0.1) is 0 Å². The smallest absolute Gasteiger partial charge is 0.255 e. The van der Waals surface area contributed by atoms with Gasteiger partial charge >= 0.3 is 0 Å². The molecule has 0 aliphatic rings. The number of amides is 1. The molecule has 0 aromatic heterocycles. The first-order chi connectivity index (χ1) is 10.7. The number of anilines is 2. The molecule has 0 saturated heterocycles. The Bertz CT molecular complexity index is 614. The number of methoxy groups -OCH3 is 1. The van der Waals surface area contributed by atoms with Crippen LogP contribution in [-0.4, -0.2) is 26.2 Å². The van der Waals surface area contributed by atoms with Gasteiger partial charge in [-0.3, -0.25) is 4.79 Å². The highest BCUT2D eigenvalue weighted by Gasteiger charge is 2.06. The summed E-state index contributed by atoms with van der Waals surface area (Å²) in [4.78, 5) is 12.1. The quantitative estimate of drug-likeness (QED) is 0.757. The zero-order valence-corrected chi connectivity index (χ0v) is 13.2. The zero-order valence-electron chi connectivity index (χ0n) is 12.4. The second-order valence-corrected chi connectivity index (χ2v) is 5.25. The number of halogens is 1. The second kappa shape index (κ2) is 8.41. The maximum Gasteiger partial charge on any atom is 0.255 e. The SMILES string of the molecule is COCCCNc1ccc(NC(=O)c2cccc(Cl)c2)cc1. The van der Waals surface area contributed by atoms with Crippen LogP contribution in [0.3, 0.4) is 0 Å². The molecule has 4 nitrogen and oxygen atoms in total. The van der Waals surface area contributed by atoms with Crippen molar-refractivity contribution in [2.75, 3.05) is 30.9 Å². The van der Waals surface area contributed by atoms with Crippen molar-refractivity contribution in [2.24, 2.45) is 0 Å². The molecule has 2 aromatic carbocycles. The number of nitrogens with one attached hydrogen (secondary N) is 2. The molecule has 0 fully saturated rings. The van der Waals surface area contributed by atoms with Crippen molar-refractivity contribution in [3.8, 4) is 0 Å². The minimum Gasteiger partial charge on any atom is -0.385 e. The summed E-state index contributed by atoms with van der Waals surface area (Å²) in [6, 6.07) is 14.4. The van der Waals surface area contributed by atoms with Crippen LogP contribution < -0.4 is 10.6 Å². The molecule has 116 valence electrons. The third kappa shape index (κ3) is 5.06. The molecule has 2 rings (SSSR count). The highest BCUT2D eigenvalue weighted by atomic mass is 35.5. The van der Waals surface area contributed by atoms with Crippen molar-refractivity contribution in [1.29, 1.82) is 0 Å². The normalized spacial score (nSPS) is 10.3. The van der Waals surface area contributed by atoms with E-state index < -0.39 is 0 Å². The third-order valence-corrected chi connectivity index (χ3v) is 3.32. The predicted molar refractivity (Wildman–Crippen MR) is 90.8 cm³/mol. The molecule has 0 spiro atoms. The van der Waals surface area contributed by atoms with Crippen molar-refractivity contribution in [3.63, 3.8) is 0 Å². The predicted octanol–water partition coefficient (Wildman–Crippen LogP) is 4.04. The summed E-state index contributed by atoms with van der Waals surface area (Å²) in [5.74, 6) is -0.177. The lowest BCUT2D eigenvalue weighted by atomic mass is 10.2. The van der Waals surface area contributed by atoms with Crippen LogP contribution in [-0.2, 0) is 4.74 Å². The van der Waals surface area contributed by atoms with Gasteiger partial charge in [-0.15, -0.1) is 0 Å². The Morgan fingerprint density at radius 3 is 2.55 bits per heavy atom. The Labute approximate surface area is 135 Å². The molecule has 0 unspecified atom stereocenters. The van der Waals surface area contributed by atoms with Gasteiger partial charge < -0.3 is 15.4 Å². The first kappa shape index (κ1) is 16.3. The molecular weight excluding hydrogens is 300 g/mol. The molecule has 2 N–H and O–H groups in total. The first-order valence-corrected chi connectivity index (χ1v) is 7.46. The first-order valence-electron chi connectivity index (χ1n) is 7.09. The van der Waals surface area contributed by atoms with Gasteiger partial charge in [-0.25, -0.2) is 0 Å². The fourth-order valence-corrected chi connectivity index (χ4v) is 2.14. The van der Waals surface area contributed by atoms with Gasteiger partial charge in [0.25, 0.3) is 5.91 Å². The second-order valence-electron chi connectivity index (χ2n) is 4.81. The largest absolute Gasteiger partial charge is 0.385 e. The Balaban J connectivity index is 1.89. The van der Waals surface area contributed by atoms with Crippen molar-refractivity contribution >= 4 is 28.9 Å². The van der Waals surface area contributed by atoms with E-state index in [2.05, 4.69) is 10.6 Å². The Hall–Kier alpha value is -2.04. The summed E-state index contributed by atoms with van der Waals surface area (Å²) >= 11 is 5.89. The molecular formula is C17H19ClN2O2. The van der Waals surface area contributed by atoms with Crippen molar-refractivity contribution in [3.05, 3.63) is 59.1 Å². The summed E-state index contributed by atoms with van der Waals surface area (Å²) in [5, 5.41) is 6.68. The topological polar surface area (TPSA) is 50.4 Å². The van der Waals surface area contributed by atoms with Crippen molar-refractivity contribution < 1.29 is 9.53 Å². The number of ether oxygens (including phenoxy) is 1. The minimum atomic E-state index is -0.177. The van der Waals surface area contributed by atoms with Gasteiger partial charge in [0.1, 0.15) is 0 Å². The lowest BCUT2D eigenvalue weighted by Gasteiger charge is -2.09. The van der Waals surface area contributed by atoms with Gasteiger partial charge in [-0.1, -0.05) is 17.7 Å². The molecule has 0 heterocycles. The Morgan fingerprint density at radius 2 is 1.86 bits per heavy atom. The number of rotatable bonds is 7. The Kier molecular flexibility index (Phi) is 6.25. The molecule has 0 aliphatic carbocycles. The average Bonchev–Trinajstić information content (AvgIpc) is 2.53.